The minimum Gasteiger partial charge on any atom is -0.465 e. The molecule has 6 heteroatoms. The molecule has 1 aromatic carbocycles. The van der Waals surface area contributed by atoms with Crippen LogP contribution in [0.15, 0.2) is 30.3 Å². The summed E-state index contributed by atoms with van der Waals surface area (Å²) >= 11 is 0. The van der Waals surface area contributed by atoms with Gasteiger partial charge < -0.3 is 15.3 Å². The molecule has 1 heterocycles. The zero-order chi connectivity index (χ0) is 17.0. The highest BCUT2D eigenvalue weighted by atomic mass is 16.4. The third-order valence-corrected chi connectivity index (χ3v) is 4.46. The number of likely N-dealkylation sites (N-methyl/N-ethyl adjacent to an activating group) is 1. The zero-order valence-corrected chi connectivity index (χ0v) is 13.9. The Kier molecular flexibility index (Phi) is 5.60. The van der Waals surface area contributed by atoms with Crippen LogP contribution in [0.2, 0.25) is 0 Å². The highest BCUT2D eigenvalue weighted by Crippen LogP contribution is 2.16. The third-order valence-electron chi connectivity index (χ3n) is 4.46. The van der Waals surface area contributed by atoms with Crippen LogP contribution in [0.4, 0.5) is 4.79 Å². The van der Waals surface area contributed by atoms with Crippen molar-refractivity contribution in [3.05, 3.63) is 35.9 Å². The van der Waals surface area contributed by atoms with Crippen LogP contribution >= 0.6 is 0 Å². The summed E-state index contributed by atoms with van der Waals surface area (Å²) < 4.78 is 0. The maximum atomic E-state index is 12.9. The molecule has 1 fully saturated rings. The summed E-state index contributed by atoms with van der Waals surface area (Å²) in [6.45, 7) is 5.48. The van der Waals surface area contributed by atoms with Gasteiger partial charge in [0, 0.05) is 31.6 Å². The molecule has 3 unspecified atom stereocenters. The van der Waals surface area contributed by atoms with Gasteiger partial charge in [-0.15, -0.1) is 0 Å². The number of hydrogen-bond donors (Lipinski definition) is 2. The summed E-state index contributed by atoms with van der Waals surface area (Å²) in [4.78, 5) is 28.0. The van der Waals surface area contributed by atoms with E-state index in [-0.39, 0.29) is 18.0 Å². The molecule has 6 nitrogen and oxygen atoms in total. The van der Waals surface area contributed by atoms with Crippen LogP contribution < -0.4 is 5.32 Å². The van der Waals surface area contributed by atoms with Crippen molar-refractivity contribution in [2.45, 2.75) is 38.4 Å². The Labute approximate surface area is 137 Å². The molecule has 23 heavy (non-hydrogen) atoms. The number of carbonyl (C=O) groups excluding carboxylic acids is 1. The fourth-order valence-electron chi connectivity index (χ4n) is 3.01. The van der Waals surface area contributed by atoms with Crippen LogP contribution in [0.25, 0.3) is 0 Å². The summed E-state index contributed by atoms with van der Waals surface area (Å²) in [5.41, 5.74) is 0.939. The molecule has 2 amide bonds. The summed E-state index contributed by atoms with van der Waals surface area (Å²) in [6, 6.07) is 9.05. The number of rotatable bonds is 4. The van der Waals surface area contributed by atoms with Crippen LogP contribution in [0.1, 0.15) is 19.4 Å². The average molecular weight is 319 g/mol. The number of carbonyl (C=O) groups is 2. The third kappa shape index (κ3) is 4.45. The van der Waals surface area contributed by atoms with E-state index in [0.717, 1.165) is 12.1 Å². The molecule has 0 saturated carbocycles. The maximum Gasteiger partial charge on any atom is 0.405 e. The van der Waals surface area contributed by atoms with E-state index in [4.69, 9.17) is 5.11 Å². The van der Waals surface area contributed by atoms with Crippen molar-refractivity contribution in [2.24, 2.45) is 0 Å². The number of piperazine rings is 1. The van der Waals surface area contributed by atoms with E-state index >= 15 is 0 Å². The molecule has 2 rings (SSSR count). The summed E-state index contributed by atoms with van der Waals surface area (Å²) in [6.07, 6.45) is -0.812. The van der Waals surface area contributed by atoms with Gasteiger partial charge >= 0.3 is 6.09 Å². The molecule has 0 aromatic heterocycles. The van der Waals surface area contributed by atoms with Gasteiger partial charge in [-0.1, -0.05) is 30.3 Å². The predicted molar refractivity (Wildman–Crippen MR) is 88.4 cm³/mol. The molecule has 1 saturated heterocycles. The molecule has 2 N–H and O–H groups in total. The number of nitrogens with zero attached hydrogens (tertiary/aromatic N) is 2. The fourth-order valence-corrected chi connectivity index (χ4v) is 3.01. The second kappa shape index (κ2) is 7.46. The van der Waals surface area contributed by atoms with Gasteiger partial charge in [0.1, 0.15) is 6.04 Å². The van der Waals surface area contributed by atoms with Crippen molar-refractivity contribution in [3.8, 4) is 0 Å². The molecule has 0 bridgehead atoms. The van der Waals surface area contributed by atoms with Crippen LogP contribution in [0.5, 0.6) is 0 Å². The van der Waals surface area contributed by atoms with Gasteiger partial charge in [-0.25, -0.2) is 4.79 Å². The first-order chi connectivity index (χ1) is 10.9. The number of benzene rings is 1. The Morgan fingerprint density at radius 3 is 2.48 bits per heavy atom. The highest BCUT2D eigenvalue weighted by Gasteiger charge is 2.34. The van der Waals surface area contributed by atoms with Crippen molar-refractivity contribution >= 4 is 12.0 Å². The molecule has 1 aliphatic heterocycles. The number of hydrogen-bond acceptors (Lipinski definition) is 3. The fraction of sp³-hybridized carbons (Fsp3) is 0.529. The number of amides is 2. The second-order valence-corrected chi connectivity index (χ2v) is 6.32. The lowest BCUT2D eigenvalue weighted by atomic mass is 10.0. The Hall–Kier alpha value is -2.08. The second-order valence-electron chi connectivity index (χ2n) is 6.32. The van der Waals surface area contributed by atoms with Gasteiger partial charge in [0.05, 0.1) is 0 Å². The quantitative estimate of drug-likeness (QED) is 0.880. The number of carboxylic acid groups (broad SMARTS) is 1. The Morgan fingerprint density at radius 1 is 1.22 bits per heavy atom. The Bertz CT molecular complexity index is 549. The van der Waals surface area contributed by atoms with E-state index in [1.54, 1.807) is 4.90 Å². The average Bonchev–Trinajstić information content (AvgIpc) is 2.50. The van der Waals surface area contributed by atoms with Gasteiger partial charge in [0.15, 0.2) is 0 Å². The standard InChI is InChI=1S/C17H25N3O3/c1-12-11-20(13(2)10-19(12)3)16(21)15(18-17(22)23)9-14-7-5-4-6-8-14/h4-8,12-13,15,18H,9-11H2,1-3H3,(H,22,23). The first-order valence-corrected chi connectivity index (χ1v) is 7.92. The lowest BCUT2D eigenvalue weighted by molar-refractivity contribution is -0.138. The van der Waals surface area contributed by atoms with E-state index < -0.39 is 12.1 Å². The molecular formula is C17H25N3O3. The molecule has 1 aliphatic rings. The van der Waals surface area contributed by atoms with Crippen molar-refractivity contribution in [1.82, 2.24) is 15.1 Å². The first-order valence-electron chi connectivity index (χ1n) is 7.92. The molecule has 126 valence electrons. The van der Waals surface area contributed by atoms with Crippen molar-refractivity contribution in [1.29, 1.82) is 0 Å². The first kappa shape index (κ1) is 17.3. The molecule has 3 atom stereocenters. The maximum absolute atomic E-state index is 12.9. The molecule has 0 aliphatic carbocycles. The zero-order valence-electron chi connectivity index (χ0n) is 13.9. The van der Waals surface area contributed by atoms with Crippen molar-refractivity contribution in [2.75, 3.05) is 20.1 Å². The van der Waals surface area contributed by atoms with E-state index in [1.165, 1.54) is 0 Å². The van der Waals surface area contributed by atoms with Crippen LogP contribution in [-0.2, 0) is 11.2 Å². The Balaban J connectivity index is 2.14. The molecule has 0 radical (unpaired) electrons. The predicted octanol–water partition coefficient (Wildman–Crippen LogP) is 1.42. The Morgan fingerprint density at radius 2 is 1.87 bits per heavy atom. The summed E-state index contributed by atoms with van der Waals surface area (Å²) in [7, 11) is 2.04. The van der Waals surface area contributed by atoms with Crippen LogP contribution in [0.3, 0.4) is 0 Å². The normalized spacial score (nSPS) is 23.3. The lowest BCUT2D eigenvalue weighted by Gasteiger charge is -2.43. The monoisotopic (exact) mass is 319 g/mol. The largest absolute Gasteiger partial charge is 0.465 e. The van der Waals surface area contributed by atoms with Crippen LogP contribution in [-0.4, -0.2) is 65.2 Å². The van der Waals surface area contributed by atoms with Gasteiger partial charge in [-0.05, 0) is 26.5 Å². The summed E-state index contributed by atoms with van der Waals surface area (Å²) in [5.74, 6) is -0.149. The summed E-state index contributed by atoms with van der Waals surface area (Å²) in [5, 5.41) is 11.5. The molecule has 1 aromatic rings. The van der Waals surface area contributed by atoms with Crippen molar-refractivity contribution < 1.29 is 14.7 Å². The van der Waals surface area contributed by atoms with Crippen LogP contribution in [0, 0.1) is 0 Å². The topological polar surface area (TPSA) is 72.9 Å². The van der Waals surface area contributed by atoms with Crippen molar-refractivity contribution in [3.63, 3.8) is 0 Å². The lowest BCUT2D eigenvalue weighted by Crippen LogP contribution is -2.61. The van der Waals surface area contributed by atoms with E-state index in [0.29, 0.717) is 13.0 Å². The van der Waals surface area contributed by atoms with E-state index in [2.05, 4.69) is 17.1 Å². The smallest absolute Gasteiger partial charge is 0.405 e. The number of nitrogens with one attached hydrogen (secondary N) is 1. The van der Waals surface area contributed by atoms with Gasteiger partial charge in [-0.3, -0.25) is 9.69 Å². The highest BCUT2D eigenvalue weighted by molar-refractivity contribution is 5.86. The van der Waals surface area contributed by atoms with E-state index in [1.807, 2.05) is 44.3 Å². The van der Waals surface area contributed by atoms with Gasteiger partial charge in [-0.2, -0.15) is 0 Å². The molecule has 0 spiro atoms. The van der Waals surface area contributed by atoms with Gasteiger partial charge in [0.25, 0.3) is 0 Å². The SMILES string of the molecule is CC1CN(C(=O)C(Cc2ccccc2)NC(=O)O)C(C)CN1C. The minimum atomic E-state index is -1.17. The van der Waals surface area contributed by atoms with E-state index in [9.17, 15) is 9.59 Å². The minimum absolute atomic E-state index is 0.0672. The van der Waals surface area contributed by atoms with Gasteiger partial charge in [0.2, 0.25) is 5.91 Å². The molecular weight excluding hydrogens is 294 g/mol.